The highest BCUT2D eigenvalue weighted by Crippen LogP contribution is 2.19. The monoisotopic (exact) mass is 503 g/mol. The summed E-state index contributed by atoms with van der Waals surface area (Å²) in [5, 5.41) is 2.94. The van der Waals surface area contributed by atoms with Crippen LogP contribution in [0.5, 0.6) is 5.75 Å². The number of rotatable bonds is 13. The first kappa shape index (κ1) is 28.2. The number of ether oxygens (including phenoxy) is 1. The Morgan fingerprint density at radius 1 is 1.03 bits per heavy atom. The average molecular weight is 504 g/mol. The minimum atomic E-state index is -3.51. The van der Waals surface area contributed by atoms with Gasteiger partial charge in [0.1, 0.15) is 11.8 Å². The number of anilines is 1. The predicted molar refractivity (Wildman–Crippen MR) is 139 cm³/mol. The van der Waals surface area contributed by atoms with Crippen molar-refractivity contribution in [2.75, 3.05) is 24.2 Å². The van der Waals surface area contributed by atoms with Gasteiger partial charge in [-0.25, -0.2) is 8.42 Å². The number of para-hydroxylation sites is 1. The molecule has 2 amide bonds. The standard InChI is InChI=1S/C26H37N3O5S/c1-6-20(2)27-26(31)21(3)28(19-22-14-16-24(34-4)17-15-22)25(30)13-10-18-29(35(5,32)33)23-11-8-7-9-12-23/h7-9,11-12,14-17,20-21H,6,10,13,18-19H2,1-5H3,(H,27,31)/t20-,21-/m1/s1. The SMILES string of the molecule is CC[C@@H](C)NC(=O)[C@@H](C)N(Cc1ccc(OC)cc1)C(=O)CCCN(c1ccccc1)S(C)(=O)=O. The molecule has 0 fully saturated rings. The van der Waals surface area contributed by atoms with Gasteiger partial charge in [-0.15, -0.1) is 0 Å². The fraction of sp³-hybridized carbons (Fsp3) is 0.462. The van der Waals surface area contributed by atoms with E-state index < -0.39 is 16.1 Å². The van der Waals surface area contributed by atoms with E-state index >= 15 is 0 Å². The van der Waals surface area contributed by atoms with E-state index in [0.717, 1.165) is 18.2 Å². The van der Waals surface area contributed by atoms with Gasteiger partial charge in [0.25, 0.3) is 0 Å². The van der Waals surface area contributed by atoms with Crippen LogP contribution in [0, 0.1) is 0 Å². The maximum Gasteiger partial charge on any atom is 0.242 e. The summed E-state index contributed by atoms with van der Waals surface area (Å²) in [6.45, 7) is 6.04. The first-order valence-electron chi connectivity index (χ1n) is 11.8. The fourth-order valence-corrected chi connectivity index (χ4v) is 4.54. The zero-order valence-corrected chi connectivity index (χ0v) is 22.0. The normalized spacial score (nSPS) is 12.9. The molecule has 192 valence electrons. The lowest BCUT2D eigenvalue weighted by Crippen LogP contribution is -2.49. The van der Waals surface area contributed by atoms with Gasteiger partial charge < -0.3 is 15.0 Å². The molecular weight excluding hydrogens is 466 g/mol. The van der Waals surface area contributed by atoms with E-state index in [-0.39, 0.29) is 37.4 Å². The number of nitrogens with zero attached hydrogens (tertiary/aromatic N) is 2. The van der Waals surface area contributed by atoms with E-state index in [9.17, 15) is 18.0 Å². The van der Waals surface area contributed by atoms with Crippen molar-refractivity contribution in [3.63, 3.8) is 0 Å². The van der Waals surface area contributed by atoms with Crippen LogP contribution in [0.3, 0.4) is 0 Å². The number of nitrogens with one attached hydrogen (secondary N) is 1. The van der Waals surface area contributed by atoms with Crippen molar-refractivity contribution < 1.29 is 22.7 Å². The Bertz CT molecular complexity index is 1060. The van der Waals surface area contributed by atoms with Crippen LogP contribution in [0.2, 0.25) is 0 Å². The third kappa shape index (κ3) is 8.58. The third-order valence-corrected chi connectivity index (χ3v) is 7.07. The largest absolute Gasteiger partial charge is 0.497 e. The summed E-state index contributed by atoms with van der Waals surface area (Å²) >= 11 is 0. The Morgan fingerprint density at radius 2 is 1.66 bits per heavy atom. The van der Waals surface area contributed by atoms with Crippen molar-refractivity contribution in [2.24, 2.45) is 0 Å². The molecule has 9 heteroatoms. The second kappa shape index (κ2) is 13.1. The van der Waals surface area contributed by atoms with Crippen molar-refractivity contribution in [3.05, 3.63) is 60.2 Å². The summed E-state index contributed by atoms with van der Waals surface area (Å²) in [6, 6.07) is 15.5. The molecule has 0 unspecified atom stereocenters. The molecule has 0 bridgehead atoms. The average Bonchev–Trinajstić information content (AvgIpc) is 2.84. The number of carbonyl (C=O) groups is 2. The van der Waals surface area contributed by atoms with Gasteiger partial charge in [-0.2, -0.15) is 0 Å². The van der Waals surface area contributed by atoms with Gasteiger partial charge in [-0.05, 0) is 56.5 Å². The summed E-state index contributed by atoms with van der Waals surface area (Å²) in [5.74, 6) is 0.272. The highest BCUT2D eigenvalue weighted by molar-refractivity contribution is 7.92. The van der Waals surface area contributed by atoms with Gasteiger partial charge in [0.05, 0.1) is 19.1 Å². The molecule has 0 spiro atoms. The minimum absolute atomic E-state index is 0.00270. The maximum atomic E-state index is 13.3. The molecule has 0 aliphatic rings. The van der Waals surface area contributed by atoms with E-state index in [1.807, 2.05) is 44.2 Å². The second-order valence-electron chi connectivity index (χ2n) is 8.64. The molecule has 0 aromatic heterocycles. The van der Waals surface area contributed by atoms with Crippen LogP contribution >= 0.6 is 0 Å². The molecular formula is C26H37N3O5S. The lowest BCUT2D eigenvalue weighted by molar-refractivity contribution is -0.140. The van der Waals surface area contributed by atoms with Crippen molar-refractivity contribution in [3.8, 4) is 5.75 Å². The van der Waals surface area contributed by atoms with E-state index in [1.54, 1.807) is 43.2 Å². The summed E-state index contributed by atoms with van der Waals surface area (Å²) in [4.78, 5) is 27.7. The summed E-state index contributed by atoms with van der Waals surface area (Å²) < 4.78 is 31.2. The summed E-state index contributed by atoms with van der Waals surface area (Å²) in [7, 11) is -1.92. The Kier molecular flexibility index (Phi) is 10.6. The smallest absolute Gasteiger partial charge is 0.242 e. The number of hydrogen-bond donors (Lipinski definition) is 1. The van der Waals surface area contributed by atoms with Gasteiger partial charge in [0, 0.05) is 25.6 Å². The molecule has 2 atom stereocenters. The molecule has 0 aliphatic carbocycles. The fourth-order valence-electron chi connectivity index (χ4n) is 3.57. The minimum Gasteiger partial charge on any atom is -0.497 e. The van der Waals surface area contributed by atoms with Gasteiger partial charge >= 0.3 is 0 Å². The first-order chi connectivity index (χ1) is 16.6. The molecule has 35 heavy (non-hydrogen) atoms. The van der Waals surface area contributed by atoms with Gasteiger partial charge in [0.15, 0.2) is 0 Å². The molecule has 2 aromatic carbocycles. The summed E-state index contributed by atoms with van der Waals surface area (Å²) in [5.41, 5.74) is 1.42. The van der Waals surface area contributed by atoms with Crippen LogP contribution in [-0.2, 0) is 26.2 Å². The van der Waals surface area contributed by atoms with Crippen LogP contribution in [-0.4, -0.2) is 57.1 Å². The van der Waals surface area contributed by atoms with Crippen LogP contribution in [0.4, 0.5) is 5.69 Å². The van der Waals surface area contributed by atoms with Crippen LogP contribution in [0.25, 0.3) is 0 Å². The molecule has 0 heterocycles. The Hall–Kier alpha value is -3.07. The molecule has 0 aliphatic heterocycles. The van der Waals surface area contributed by atoms with Gasteiger partial charge in [-0.1, -0.05) is 37.3 Å². The van der Waals surface area contributed by atoms with E-state index in [4.69, 9.17) is 4.74 Å². The highest BCUT2D eigenvalue weighted by atomic mass is 32.2. The molecule has 0 saturated heterocycles. The zero-order valence-electron chi connectivity index (χ0n) is 21.2. The molecule has 2 rings (SSSR count). The maximum absolute atomic E-state index is 13.3. The molecule has 1 N–H and O–H groups in total. The summed E-state index contributed by atoms with van der Waals surface area (Å²) in [6.07, 6.45) is 2.36. The predicted octanol–water partition coefficient (Wildman–Crippen LogP) is 3.57. The lowest BCUT2D eigenvalue weighted by atomic mass is 10.1. The number of sulfonamides is 1. The van der Waals surface area contributed by atoms with E-state index in [1.165, 1.54) is 4.31 Å². The van der Waals surface area contributed by atoms with Crippen LogP contribution < -0.4 is 14.4 Å². The Balaban J connectivity index is 2.16. The van der Waals surface area contributed by atoms with Crippen molar-refractivity contribution in [1.82, 2.24) is 10.2 Å². The first-order valence-corrected chi connectivity index (χ1v) is 13.7. The topological polar surface area (TPSA) is 96.0 Å². The molecule has 0 saturated carbocycles. The number of methoxy groups -OCH3 is 1. The Labute approximate surface area is 209 Å². The van der Waals surface area contributed by atoms with Gasteiger partial charge in [-0.3, -0.25) is 13.9 Å². The van der Waals surface area contributed by atoms with Crippen molar-refractivity contribution >= 4 is 27.5 Å². The molecule has 8 nitrogen and oxygen atoms in total. The number of amides is 2. The quantitative estimate of drug-likeness (QED) is 0.451. The highest BCUT2D eigenvalue weighted by Gasteiger charge is 2.27. The zero-order chi connectivity index (χ0) is 26.0. The van der Waals surface area contributed by atoms with Crippen LogP contribution in [0.1, 0.15) is 45.6 Å². The number of hydrogen-bond acceptors (Lipinski definition) is 5. The lowest BCUT2D eigenvalue weighted by Gasteiger charge is -2.30. The third-order valence-electron chi connectivity index (χ3n) is 5.88. The van der Waals surface area contributed by atoms with Crippen LogP contribution in [0.15, 0.2) is 54.6 Å². The number of benzene rings is 2. The molecule has 0 radical (unpaired) electrons. The van der Waals surface area contributed by atoms with E-state index in [2.05, 4.69) is 5.32 Å². The number of carbonyl (C=O) groups excluding carboxylic acids is 2. The molecule has 2 aromatic rings. The van der Waals surface area contributed by atoms with E-state index in [0.29, 0.717) is 17.9 Å². The van der Waals surface area contributed by atoms with Crippen molar-refractivity contribution in [2.45, 2.75) is 58.7 Å². The van der Waals surface area contributed by atoms with Gasteiger partial charge in [0.2, 0.25) is 21.8 Å². The Morgan fingerprint density at radius 3 is 2.20 bits per heavy atom. The van der Waals surface area contributed by atoms with Crippen molar-refractivity contribution in [1.29, 1.82) is 0 Å². The second-order valence-corrected chi connectivity index (χ2v) is 10.5.